The quantitative estimate of drug-likeness (QED) is 0.0250. The SMILES string of the molecule is C=NC=C(C=CCC(=O)NC(CCCCNC(=O)CCCC=CCC=CCC=CCC=CCC=CCC)C(=O)OC(CO)CO)CC. The van der Waals surface area contributed by atoms with Crippen LogP contribution in [0.3, 0.4) is 0 Å². The standard InChI is InChI=1S/C38H59N3O6/c1-4-6-7-8-9-10-11-12-13-14-15-16-17-18-19-20-21-27-36(44)40-29-23-22-26-35(38(46)47-34(31-42)32-43)41-37(45)28-24-25-33(5-2)30-39-3/h6-7,9-10,12-13,15-16,18-19,24-25,30,34-35,42-43H,3-5,8,11,14,17,20-23,26-29,31-32H2,1-2H3,(H,40,44)(H,41,45). The molecule has 1 atom stereocenters. The molecule has 0 fully saturated rings. The summed E-state index contributed by atoms with van der Waals surface area (Å²) in [5.74, 6) is -1.11. The van der Waals surface area contributed by atoms with Crippen molar-refractivity contribution in [2.75, 3.05) is 19.8 Å². The molecule has 0 radical (unpaired) electrons. The summed E-state index contributed by atoms with van der Waals surface area (Å²) in [6.07, 6.45) is 34.7. The Balaban J connectivity index is 4.32. The van der Waals surface area contributed by atoms with Crippen LogP contribution in [0, 0.1) is 0 Å². The molecule has 2 amide bonds. The first-order chi connectivity index (χ1) is 22.9. The predicted molar refractivity (Wildman–Crippen MR) is 193 cm³/mol. The fourth-order valence-electron chi connectivity index (χ4n) is 4.11. The number of unbranched alkanes of at least 4 members (excludes halogenated alkanes) is 2. The smallest absolute Gasteiger partial charge is 0.329 e. The lowest BCUT2D eigenvalue weighted by atomic mass is 10.1. The molecule has 0 heterocycles. The van der Waals surface area contributed by atoms with Gasteiger partial charge in [0.15, 0.2) is 0 Å². The molecule has 0 aliphatic rings. The van der Waals surface area contributed by atoms with Crippen LogP contribution in [-0.2, 0) is 19.1 Å². The topological polar surface area (TPSA) is 137 Å². The van der Waals surface area contributed by atoms with E-state index in [-0.39, 0.29) is 24.7 Å². The average molecular weight is 654 g/mol. The molecule has 0 aromatic heterocycles. The molecule has 0 saturated heterocycles. The van der Waals surface area contributed by atoms with Gasteiger partial charge in [-0.25, -0.2) is 4.79 Å². The number of hydrogen-bond acceptors (Lipinski definition) is 7. The van der Waals surface area contributed by atoms with E-state index in [1.54, 1.807) is 18.4 Å². The Kier molecular flexibility index (Phi) is 29.5. The molecule has 9 nitrogen and oxygen atoms in total. The third kappa shape index (κ3) is 27.0. The van der Waals surface area contributed by atoms with E-state index in [0.29, 0.717) is 25.8 Å². The van der Waals surface area contributed by atoms with Gasteiger partial charge in [0.05, 0.1) is 13.2 Å². The van der Waals surface area contributed by atoms with Crippen molar-refractivity contribution in [3.05, 3.63) is 84.7 Å². The largest absolute Gasteiger partial charge is 0.456 e. The predicted octanol–water partition coefficient (Wildman–Crippen LogP) is 6.52. The zero-order chi connectivity index (χ0) is 34.8. The Bertz CT molecular complexity index is 1070. The number of rotatable bonds is 28. The first kappa shape index (κ1) is 43.2. The number of allylic oxidation sites excluding steroid dienone is 12. The van der Waals surface area contributed by atoms with Crippen LogP contribution in [-0.4, -0.2) is 66.6 Å². The van der Waals surface area contributed by atoms with Crippen LogP contribution in [0.5, 0.6) is 0 Å². The molecule has 1 unspecified atom stereocenters. The van der Waals surface area contributed by atoms with Crippen molar-refractivity contribution in [3.63, 3.8) is 0 Å². The van der Waals surface area contributed by atoms with Crippen LogP contribution in [0.2, 0.25) is 0 Å². The van der Waals surface area contributed by atoms with E-state index in [1.165, 1.54) is 0 Å². The summed E-state index contributed by atoms with van der Waals surface area (Å²) >= 11 is 0. The molecule has 47 heavy (non-hydrogen) atoms. The summed E-state index contributed by atoms with van der Waals surface area (Å²) in [7, 11) is 0. The highest BCUT2D eigenvalue weighted by Gasteiger charge is 2.24. The Morgan fingerprint density at radius 2 is 1.38 bits per heavy atom. The van der Waals surface area contributed by atoms with Crippen molar-refractivity contribution < 1.29 is 29.3 Å². The van der Waals surface area contributed by atoms with Crippen LogP contribution in [0.25, 0.3) is 0 Å². The van der Waals surface area contributed by atoms with Crippen molar-refractivity contribution in [1.82, 2.24) is 10.6 Å². The van der Waals surface area contributed by atoms with E-state index in [4.69, 9.17) is 4.74 Å². The summed E-state index contributed by atoms with van der Waals surface area (Å²) in [6.45, 7) is 6.93. The maximum Gasteiger partial charge on any atom is 0.329 e. The number of nitrogens with zero attached hydrogens (tertiary/aromatic N) is 1. The minimum atomic E-state index is -1.06. The minimum absolute atomic E-state index is 0.0192. The first-order valence-electron chi connectivity index (χ1n) is 17.0. The Labute approximate surface area is 283 Å². The zero-order valence-corrected chi connectivity index (χ0v) is 28.7. The highest BCUT2D eigenvalue weighted by molar-refractivity contribution is 5.85. The second-order valence-corrected chi connectivity index (χ2v) is 10.8. The maximum absolute atomic E-state index is 12.6. The Morgan fingerprint density at radius 3 is 1.94 bits per heavy atom. The first-order valence-corrected chi connectivity index (χ1v) is 17.0. The van der Waals surface area contributed by atoms with Gasteiger partial charge in [0.1, 0.15) is 12.1 Å². The molecule has 9 heteroatoms. The molecule has 0 saturated carbocycles. The second kappa shape index (κ2) is 32.1. The average Bonchev–Trinajstić information content (AvgIpc) is 3.07. The third-order valence-electron chi connectivity index (χ3n) is 6.78. The van der Waals surface area contributed by atoms with E-state index in [1.807, 2.05) is 6.92 Å². The van der Waals surface area contributed by atoms with E-state index < -0.39 is 31.3 Å². The van der Waals surface area contributed by atoms with Crippen molar-refractivity contribution in [2.24, 2.45) is 4.99 Å². The number of aliphatic imine (C=N–C) groups is 1. The molecular weight excluding hydrogens is 594 g/mol. The van der Waals surface area contributed by atoms with Crippen LogP contribution in [0.15, 0.2) is 89.7 Å². The number of nitrogens with one attached hydrogen (secondary N) is 2. The lowest BCUT2D eigenvalue weighted by Gasteiger charge is -2.20. The van der Waals surface area contributed by atoms with E-state index in [9.17, 15) is 24.6 Å². The second-order valence-electron chi connectivity index (χ2n) is 10.8. The molecule has 0 rings (SSSR count). The number of hydrogen-bond donors (Lipinski definition) is 4. The molecule has 0 bridgehead atoms. The van der Waals surface area contributed by atoms with Gasteiger partial charge < -0.3 is 25.6 Å². The summed E-state index contributed by atoms with van der Waals surface area (Å²) < 4.78 is 5.14. The third-order valence-corrected chi connectivity index (χ3v) is 6.78. The van der Waals surface area contributed by atoms with Crippen molar-refractivity contribution in [2.45, 2.75) is 109 Å². The highest BCUT2D eigenvalue weighted by Crippen LogP contribution is 2.08. The number of aliphatic hydroxyl groups is 2. The molecule has 0 aromatic rings. The number of ether oxygens (including phenoxy) is 1. The molecule has 4 N–H and O–H groups in total. The van der Waals surface area contributed by atoms with Gasteiger partial charge >= 0.3 is 5.97 Å². The summed E-state index contributed by atoms with van der Waals surface area (Å²) in [6, 6.07) is -0.938. The van der Waals surface area contributed by atoms with Crippen molar-refractivity contribution in [1.29, 1.82) is 0 Å². The van der Waals surface area contributed by atoms with E-state index >= 15 is 0 Å². The number of carbonyl (C=O) groups excluding carboxylic acids is 3. The van der Waals surface area contributed by atoms with Gasteiger partial charge in [-0.1, -0.05) is 86.8 Å². The minimum Gasteiger partial charge on any atom is -0.456 e. The van der Waals surface area contributed by atoms with E-state index in [0.717, 1.165) is 56.9 Å². The van der Waals surface area contributed by atoms with Gasteiger partial charge in [0.2, 0.25) is 11.8 Å². The number of aliphatic hydroxyl groups excluding tert-OH is 2. The number of amides is 2. The lowest BCUT2D eigenvalue weighted by Crippen LogP contribution is -2.43. The Hall–Kier alpha value is -3.82. The van der Waals surface area contributed by atoms with Crippen LogP contribution >= 0.6 is 0 Å². The van der Waals surface area contributed by atoms with Crippen LogP contribution in [0.1, 0.15) is 97.3 Å². The van der Waals surface area contributed by atoms with Gasteiger partial charge in [-0.15, -0.1) is 0 Å². The van der Waals surface area contributed by atoms with Crippen LogP contribution in [0.4, 0.5) is 0 Å². The van der Waals surface area contributed by atoms with E-state index in [2.05, 4.69) is 90.0 Å². The molecule has 0 aromatic carbocycles. The zero-order valence-electron chi connectivity index (χ0n) is 28.7. The number of esters is 1. The summed E-state index contributed by atoms with van der Waals surface area (Å²) in [4.78, 5) is 41.0. The maximum atomic E-state index is 12.6. The van der Waals surface area contributed by atoms with Gasteiger partial charge in [0.25, 0.3) is 0 Å². The Morgan fingerprint density at radius 1 is 0.787 bits per heavy atom. The van der Waals surface area contributed by atoms with Crippen LogP contribution < -0.4 is 10.6 Å². The molecule has 0 aliphatic carbocycles. The fraction of sp³-hybridized carbons (Fsp3) is 0.526. The molecule has 262 valence electrons. The van der Waals surface area contributed by atoms with Gasteiger partial charge in [-0.2, -0.15) is 0 Å². The van der Waals surface area contributed by atoms with Gasteiger partial charge in [-0.05, 0) is 82.9 Å². The van der Waals surface area contributed by atoms with Gasteiger partial charge in [0, 0.05) is 25.6 Å². The molecular formula is C38H59N3O6. The summed E-state index contributed by atoms with van der Waals surface area (Å²) in [5.41, 5.74) is 0.911. The fourth-order valence-corrected chi connectivity index (χ4v) is 4.11. The lowest BCUT2D eigenvalue weighted by molar-refractivity contribution is -0.157. The monoisotopic (exact) mass is 653 g/mol. The normalized spacial score (nSPS) is 13.3. The highest BCUT2D eigenvalue weighted by atomic mass is 16.6. The number of carbonyl (C=O) groups is 3. The van der Waals surface area contributed by atoms with Crippen molar-refractivity contribution >= 4 is 24.5 Å². The summed E-state index contributed by atoms with van der Waals surface area (Å²) in [5, 5.41) is 24.1. The molecule has 0 spiro atoms. The van der Waals surface area contributed by atoms with Crippen molar-refractivity contribution in [3.8, 4) is 0 Å². The molecule has 0 aliphatic heterocycles. The van der Waals surface area contributed by atoms with Gasteiger partial charge in [-0.3, -0.25) is 14.6 Å².